The molecule has 0 saturated carbocycles. The van der Waals surface area contributed by atoms with E-state index >= 15 is 0 Å². The lowest BCUT2D eigenvalue weighted by Crippen LogP contribution is -2.06. The normalized spacial score (nSPS) is 10.5. The third-order valence-electron chi connectivity index (χ3n) is 2.57. The predicted molar refractivity (Wildman–Crippen MR) is 77.4 cm³/mol. The molecule has 2 aromatic rings. The Morgan fingerprint density at radius 3 is 2.71 bits per heavy atom. The summed E-state index contributed by atoms with van der Waals surface area (Å²) in [5.74, 6) is 0. The molecule has 1 nitrogen and oxygen atoms in total. The lowest BCUT2D eigenvalue weighted by Gasteiger charge is -2.10. The van der Waals surface area contributed by atoms with Crippen molar-refractivity contribution in [2.75, 3.05) is 7.05 Å². The molecule has 0 aromatic heterocycles. The fourth-order valence-electron chi connectivity index (χ4n) is 1.84. The second-order valence-electron chi connectivity index (χ2n) is 3.84. The van der Waals surface area contributed by atoms with Gasteiger partial charge in [0.2, 0.25) is 0 Å². The molecular formula is C14H13BrClN. The average molecular weight is 311 g/mol. The Hall–Kier alpha value is -0.830. The molecule has 0 unspecified atom stereocenters. The van der Waals surface area contributed by atoms with Gasteiger partial charge in [0.25, 0.3) is 0 Å². The van der Waals surface area contributed by atoms with Gasteiger partial charge < -0.3 is 5.32 Å². The summed E-state index contributed by atoms with van der Waals surface area (Å²) in [6.45, 7) is 0.808. The van der Waals surface area contributed by atoms with Crippen molar-refractivity contribution in [2.45, 2.75) is 6.54 Å². The zero-order chi connectivity index (χ0) is 12.3. The molecule has 0 radical (unpaired) electrons. The van der Waals surface area contributed by atoms with Crippen LogP contribution in [0.4, 0.5) is 0 Å². The quantitative estimate of drug-likeness (QED) is 0.881. The van der Waals surface area contributed by atoms with Gasteiger partial charge in [-0.2, -0.15) is 0 Å². The Morgan fingerprint density at radius 2 is 2.00 bits per heavy atom. The fourth-order valence-corrected chi connectivity index (χ4v) is 2.43. The molecule has 17 heavy (non-hydrogen) atoms. The van der Waals surface area contributed by atoms with Crippen molar-refractivity contribution in [1.29, 1.82) is 0 Å². The highest BCUT2D eigenvalue weighted by atomic mass is 79.9. The van der Waals surface area contributed by atoms with Gasteiger partial charge in [-0.15, -0.1) is 0 Å². The average Bonchev–Trinajstić information content (AvgIpc) is 2.29. The highest BCUT2D eigenvalue weighted by Crippen LogP contribution is 2.28. The molecule has 0 amide bonds. The Labute approximate surface area is 115 Å². The molecule has 0 heterocycles. The Bertz CT molecular complexity index is 525. The summed E-state index contributed by atoms with van der Waals surface area (Å²) < 4.78 is 1.08. The second kappa shape index (κ2) is 5.67. The van der Waals surface area contributed by atoms with E-state index in [4.69, 9.17) is 11.6 Å². The Morgan fingerprint density at radius 1 is 1.18 bits per heavy atom. The summed E-state index contributed by atoms with van der Waals surface area (Å²) in [6, 6.07) is 14.3. The summed E-state index contributed by atoms with van der Waals surface area (Å²) in [4.78, 5) is 0. The van der Waals surface area contributed by atoms with Crippen molar-refractivity contribution in [3.63, 3.8) is 0 Å². The van der Waals surface area contributed by atoms with Crippen LogP contribution >= 0.6 is 27.5 Å². The van der Waals surface area contributed by atoms with Crippen LogP contribution in [0.15, 0.2) is 46.9 Å². The van der Waals surface area contributed by atoms with E-state index in [1.165, 1.54) is 16.7 Å². The molecule has 2 aromatic carbocycles. The maximum absolute atomic E-state index is 6.03. The van der Waals surface area contributed by atoms with Crippen LogP contribution in [-0.2, 0) is 6.54 Å². The summed E-state index contributed by atoms with van der Waals surface area (Å²) in [5.41, 5.74) is 3.62. The molecular weight excluding hydrogens is 298 g/mol. The van der Waals surface area contributed by atoms with Crippen molar-refractivity contribution in [1.82, 2.24) is 5.32 Å². The van der Waals surface area contributed by atoms with Crippen molar-refractivity contribution >= 4 is 27.5 Å². The lowest BCUT2D eigenvalue weighted by molar-refractivity contribution is 0.819. The monoisotopic (exact) mass is 309 g/mol. The van der Waals surface area contributed by atoms with E-state index in [1.807, 2.05) is 31.3 Å². The summed E-state index contributed by atoms with van der Waals surface area (Å²) >= 11 is 9.53. The van der Waals surface area contributed by atoms with E-state index in [-0.39, 0.29) is 0 Å². The SMILES string of the molecule is CNCc1cc(Cl)ccc1-c1cccc(Br)c1. The second-order valence-corrected chi connectivity index (χ2v) is 5.19. The van der Waals surface area contributed by atoms with Gasteiger partial charge in [-0.25, -0.2) is 0 Å². The maximum Gasteiger partial charge on any atom is 0.0409 e. The Kier molecular flexibility index (Phi) is 4.21. The molecule has 0 aliphatic rings. The zero-order valence-electron chi connectivity index (χ0n) is 9.50. The molecule has 0 aliphatic heterocycles. The molecule has 0 aliphatic carbocycles. The Balaban J connectivity index is 2.50. The van der Waals surface area contributed by atoms with E-state index in [9.17, 15) is 0 Å². The number of benzene rings is 2. The van der Waals surface area contributed by atoms with E-state index in [0.29, 0.717) is 0 Å². The number of hydrogen-bond donors (Lipinski definition) is 1. The van der Waals surface area contributed by atoms with Gasteiger partial charge >= 0.3 is 0 Å². The molecule has 88 valence electrons. The van der Waals surface area contributed by atoms with E-state index in [0.717, 1.165) is 16.0 Å². The van der Waals surface area contributed by atoms with E-state index in [1.54, 1.807) is 0 Å². The summed E-state index contributed by atoms with van der Waals surface area (Å²) in [5, 5.41) is 3.94. The van der Waals surface area contributed by atoms with Gasteiger partial charge in [0, 0.05) is 16.0 Å². The number of rotatable bonds is 3. The topological polar surface area (TPSA) is 12.0 Å². The van der Waals surface area contributed by atoms with Crippen LogP contribution < -0.4 is 5.32 Å². The van der Waals surface area contributed by atoms with Crippen molar-refractivity contribution in [2.24, 2.45) is 0 Å². The molecule has 0 bridgehead atoms. The minimum absolute atomic E-state index is 0.772. The van der Waals surface area contributed by atoms with Crippen LogP contribution in [0, 0.1) is 0 Å². The predicted octanol–water partition coefficient (Wildman–Crippen LogP) is 4.49. The molecule has 0 saturated heterocycles. The van der Waals surface area contributed by atoms with Crippen LogP contribution in [0.25, 0.3) is 11.1 Å². The number of hydrogen-bond acceptors (Lipinski definition) is 1. The van der Waals surface area contributed by atoms with E-state index < -0.39 is 0 Å². The van der Waals surface area contributed by atoms with Gasteiger partial charge in [-0.3, -0.25) is 0 Å². The smallest absolute Gasteiger partial charge is 0.0409 e. The molecule has 3 heteroatoms. The molecule has 2 rings (SSSR count). The highest BCUT2D eigenvalue weighted by Gasteiger charge is 2.05. The van der Waals surface area contributed by atoms with Crippen LogP contribution in [0.5, 0.6) is 0 Å². The van der Waals surface area contributed by atoms with Crippen molar-refractivity contribution in [3.05, 3.63) is 57.5 Å². The number of halogens is 2. The standard InChI is InChI=1S/C14H13BrClN/c1-17-9-11-8-13(16)5-6-14(11)10-3-2-4-12(15)7-10/h2-8,17H,9H2,1H3. The number of nitrogens with one attached hydrogen (secondary N) is 1. The minimum Gasteiger partial charge on any atom is -0.316 e. The first-order valence-corrected chi connectivity index (χ1v) is 6.57. The molecule has 0 atom stereocenters. The third kappa shape index (κ3) is 3.09. The molecule has 0 spiro atoms. The van der Waals surface area contributed by atoms with E-state index in [2.05, 4.69) is 39.4 Å². The van der Waals surface area contributed by atoms with Crippen LogP contribution in [0.2, 0.25) is 5.02 Å². The lowest BCUT2D eigenvalue weighted by atomic mass is 10.00. The van der Waals surface area contributed by atoms with Gasteiger partial charge in [0.15, 0.2) is 0 Å². The molecule has 0 fully saturated rings. The van der Waals surface area contributed by atoms with Crippen LogP contribution in [-0.4, -0.2) is 7.05 Å². The fraction of sp³-hybridized carbons (Fsp3) is 0.143. The summed E-state index contributed by atoms with van der Waals surface area (Å²) in [6.07, 6.45) is 0. The van der Waals surface area contributed by atoms with Crippen LogP contribution in [0.3, 0.4) is 0 Å². The maximum atomic E-state index is 6.03. The van der Waals surface area contributed by atoms with Gasteiger partial charge in [0.05, 0.1) is 0 Å². The van der Waals surface area contributed by atoms with Crippen molar-refractivity contribution in [3.8, 4) is 11.1 Å². The first-order chi connectivity index (χ1) is 8.20. The minimum atomic E-state index is 0.772. The molecule has 1 N–H and O–H groups in total. The first kappa shape index (κ1) is 12.6. The highest BCUT2D eigenvalue weighted by molar-refractivity contribution is 9.10. The van der Waals surface area contributed by atoms with Gasteiger partial charge in [0.1, 0.15) is 0 Å². The van der Waals surface area contributed by atoms with Gasteiger partial charge in [-0.05, 0) is 48.0 Å². The largest absolute Gasteiger partial charge is 0.316 e. The zero-order valence-corrected chi connectivity index (χ0v) is 11.8. The van der Waals surface area contributed by atoms with Gasteiger partial charge in [-0.1, -0.05) is 45.7 Å². The summed E-state index contributed by atoms with van der Waals surface area (Å²) in [7, 11) is 1.94. The van der Waals surface area contributed by atoms with Crippen molar-refractivity contribution < 1.29 is 0 Å². The van der Waals surface area contributed by atoms with Crippen LogP contribution in [0.1, 0.15) is 5.56 Å². The third-order valence-corrected chi connectivity index (χ3v) is 3.30. The first-order valence-electron chi connectivity index (χ1n) is 5.39.